The lowest BCUT2D eigenvalue weighted by atomic mass is 10.1. The number of nitrogens with two attached hydrogens (primary N) is 1. The van der Waals surface area contributed by atoms with Gasteiger partial charge in [0.1, 0.15) is 11.5 Å². The van der Waals surface area contributed by atoms with E-state index in [0.29, 0.717) is 18.7 Å². The van der Waals surface area contributed by atoms with Crippen molar-refractivity contribution in [2.24, 2.45) is 5.73 Å². The molecule has 0 aliphatic heterocycles. The van der Waals surface area contributed by atoms with E-state index in [9.17, 15) is 0 Å². The van der Waals surface area contributed by atoms with Crippen molar-refractivity contribution >= 4 is 0 Å². The highest BCUT2D eigenvalue weighted by Crippen LogP contribution is 2.16. The zero-order valence-electron chi connectivity index (χ0n) is 10.7. The zero-order valence-corrected chi connectivity index (χ0v) is 10.7. The van der Waals surface area contributed by atoms with E-state index in [4.69, 9.17) is 14.9 Å². The maximum atomic E-state index is 5.72. The summed E-state index contributed by atoms with van der Waals surface area (Å²) in [5, 5.41) is 0. The standard InChI is InChI=1S/C14H18N2O2/c1-10(15)6-13-9-16-14(18-13)8-11-4-3-5-12(7-11)17-2/h3-5,7,9-10H,6,8,15H2,1-2H3. The van der Waals surface area contributed by atoms with E-state index >= 15 is 0 Å². The van der Waals surface area contributed by atoms with Crippen LogP contribution < -0.4 is 10.5 Å². The van der Waals surface area contributed by atoms with Crippen molar-refractivity contribution < 1.29 is 9.15 Å². The van der Waals surface area contributed by atoms with Gasteiger partial charge in [0.2, 0.25) is 0 Å². The van der Waals surface area contributed by atoms with E-state index in [1.807, 2.05) is 31.2 Å². The third-order valence-electron chi connectivity index (χ3n) is 2.61. The van der Waals surface area contributed by atoms with E-state index in [2.05, 4.69) is 4.98 Å². The molecular weight excluding hydrogens is 228 g/mol. The molecule has 0 saturated carbocycles. The number of rotatable bonds is 5. The molecule has 2 rings (SSSR count). The molecule has 4 nitrogen and oxygen atoms in total. The molecule has 4 heteroatoms. The van der Waals surface area contributed by atoms with Gasteiger partial charge < -0.3 is 14.9 Å². The molecule has 0 radical (unpaired) electrons. The first-order chi connectivity index (χ1) is 8.67. The molecule has 2 N–H and O–H groups in total. The first kappa shape index (κ1) is 12.6. The molecular formula is C14H18N2O2. The van der Waals surface area contributed by atoms with Gasteiger partial charge in [0.15, 0.2) is 5.89 Å². The van der Waals surface area contributed by atoms with Gasteiger partial charge in [-0.25, -0.2) is 4.98 Å². The fourth-order valence-corrected chi connectivity index (χ4v) is 1.80. The van der Waals surface area contributed by atoms with Crippen molar-refractivity contribution in [2.75, 3.05) is 7.11 Å². The molecule has 1 atom stereocenters. The highest BCUT2D eigenvalue weighted by atomic mass is 16.5. The molecule has 1 aromatic carbocycles. The van der Waals surface area contributed by atoms with Crippen LogP contribution in [0, 0.1) is 0 Å². The van der Waals surface area contributed by atoms with Gasteiger partial charge in [-0.2, -0.15) is 0 Å². The van der Waals surface area contributed by atoms with E-state index in [1.165, 1.54) is 0 Å². The largest absolute Gasteiger partial charge is 0.497 e. The van der Waals surface area contributed by atoms with Crippen LogP contribution in [0.1, 0.15) is 24.1 Å². The molecule has 0 aliphatic carbocycles. The van der Waals surface area contributed by atoms with Crippen molar-refractivity contribution in [3.05, 3.63) is 47.7 Å². The van der Waals surface area contributed by atoms with Crippen LogP contribution in [0.5, 0.6) is 5.75 Å². The molecule has 1 heterocycles. The van der Waals surface area contributed by atoms with Gasteiger partial charge >= 0.3 is 0 Å². The number of oxazole rings is 1. The number of methoxy groups -OCH3 is 1. The van der Waals surface area contributed by atoms with E-state index in [0.717, 1.165) is 17.1 Å². The summed E-state index contributed by atoms with van der Waals surface area (Å²) in [6.07, 6.45) is 3.13. The number of aromatic nitrogens is 1. The van der Waals surface area contributed by atoms with Crippen LogP contribution in [0.15, 0.2) is 34.9 Å². The fraction of sp³-hybridized carbons (Fsp3) is 0.357. The van der Waals surface area contributed by atoms with Gasteiger partial charge in [0.05, 0.1) is 13.3 Å². The Balaban J connectivity index is 2.06. The molecule has 0 bridgehead atoms. The predicted molar refractivity (Wildman–Crippen MR) is 69.7 cm³/mol. The summed E-state index contributed by atoms with van der Waals surface area (Å²) >= 11 is 0. The van der Waals surface area contributed by atoms with Gasteiger partial charge in [-0.3, -0.25) is 0 Å². The number of benzene rings is 1. The van der Waals surface area contributed by atoms with Gasteiger partial charge in [-0.1, -0.05) is 12.1 Å². The number of nitrogens with zero attached hydrogens (tertiary/aromatic N) is 1. The van der Waals surface area contributed by atoms with Crippen molar-refractivity contribution in [1.29, 1.82) is 0 Å². The Hall–Kier alpha value is -1.81. The molecule has 0 spiro atoms. The second kappa shape index (κ2) is 5.69. The van der Waals surface area contributed by atoms with E-state index in [-0.39, 0.29) is 6.04 Å². The Morgan fingerprint density at radius 3 is 3.00 bits per heavy atom. The van der Waals surface area contributed by atoms with Crippen LogP contribution in [-0.4, -0.2) is 18.1 Å². The Morgan fingerprint density at radius 1 is 1.44 bits per heavy atom. The van der Waals surface area contributed by atoms with Gasteiger partial charge in [-0.05, 0) is 24.6 Å². The zero-order chi connectivity index (χ0) is 13.0. The molecule has 0 fully saturated rings. The van der Waals surface area contributed by atoms with E-state index in [1.54, 1.807) is 13.3 Å². The predicted octanol–water partition coefficient (Wildman–Crippen LogP) is 2.16. The van der Waals surface area contributed by atoms with Crippen molar-refractivity contribution in [3.8, 4) is 5.75 Å². The van der Waals surface area contributed by atoms with Crippen LogP contribution in [-0.2, 0) is 12.8 Å². The summed E-state index contributed by atoms with van der Waals surface area (Å²) in [5.41, 5.74) is 6.83. The lowest BCUT2D eigenvalue weighted by molar-refractivity contribution is 0.414. The Bertz CT molecular complexity index is 506. The van der Waals surface area contributed by atoms with Gasteiger partial charge in [-0.15, -0.1) is 0 Å². The summed E-state index contributed by atoms with van der Waals surface area (Å²) in [4.78, 5) is 4.26. The van der Waals surface area contributed by atoms with E-state index < -0.39 is 0 Å². The number of ether oxygens (including phenoxy) is 1. The van der Waals surface area contributed by atoms with Gasteiger partial charge in [0.25, 0.3) is 0 Å². The summed E-state index contributed by atoms with van der Waals surface area (Å²) in [6.45, 7) is 1.95. The van der Waals surface area contributed by atoms with Crippen molar-refractivity contribution in [1.82, 2.24) is 4.98 Å². The lowest BCUT2D eigenvalue weighted by Gasteiger charge is -2.02. The molecule has 1 unspecified atom stereocenters. The second-order valence-corrected chi connectivity index (χ2v) is 4.43. The Labute approximate surface area is 107 Å². The third kappa shape index (κ3) is 3.34. The Morgan fingerprint density at radius 2 is 2.28 bits per heavy atom. The summed E-state index contributed by atoms with van der Waals surface area (Å²) in [5.74, 6) is 2.39. The minimum absolute atomic E-state index is 0.0858. The minimum Gasteiger partial charge on any atom is -0.497 e. The maximum absolute atomic E-state index is 5.72. The van der Waals surface area contributed by atoms with Crippen LogP contribution in [0.25, 0.3) is 0 Å². The SMILES string of the molecule is COc1cccc(Cc2ncc(CC(C)N)o2)c1. The summed E-state index contributed by atoms with van der Waals surface area (Å²) < 4.78 is 10.8. The monoisotopic (exact) mass is 246 g/mol. The molecule has 96 valence electrons. The molecule has 2 aromatic rings. The second-order valence-electron chi connectivity index (χ2n) is 4.43. The smallest absolute Gasteiger partial charge is 0.198 e. The molecule has 0 aliphatic rings. The van der Waals surface area contributed by atoms with Crippen molar-refractivity contribution in [3.63, 3.8) is 0 Å². The first-order valence-corrected chi connectivity index (χ1v) is 5.99. The Kier molecular flexibility index (Phi) is 3.99. The molecule has 1 aromatic heterocycles. The number of hydrogen-bond acceptors (Lipinski definition) is 4. The number of hydrogen-bond donors (Lipinski definition) is 1. The van der Waals surface area contributed by atoms with Crippen LogP contribution in [0.2, 0.25) is 0 Å². The quantitative estimate of drug-likeness (QED) is 0.878. The van der Waals surface area contributed by atoms with Crippen molar-refractivity contribution in [2.45, 2.75) is 25.8 Å². The highest BCUT2D eigenvalue weighted by molar-refractivity contribution is 5.29. The first-order valence-electron chi connectivity index (χ1n) is 5.99. The van der Waals surface area contributed by atoms with Gasteiger partial charge in [0, 0.05) is 18.9 Å². The maximum Gasteiger partial charge on any atom is 0.198 e. The summed E-state index contributed by atoms with van der Waals surface area (Å²) in [7, 11) is 1.66. The minimum atomic E-state index is 0.0858. The average Bonchev–Trinajstić information content (AvgIpc) is 2.76. The average molecular weight is 246 g/mol. The third-order valence-corrected chi connectivity index (χ3v) is 2.61. The molecule has 18 heavy (non-hydrogen) atoms. The molecule has 0 amide bonds. The molecule has 0 saturated heterocycles. The van der Waals surface area contributed by atoms with Crippen LogP contribution in [0.3, 0.4) is 0 Å². The lowest BCUT2D eigenvalue weighted by Crippen LogP contribution is -2.17. The topological polar surface area (TPSA) is 61.3 Å². The van der Waals surface area contributed by atoms with Crippen LogP contribution in [0.4, 0.5) is 0 Å². The van der Waals surface area contributed by atoms with Crippen LogP contribution >= 0.6 is 0 Å². The normalized spacial score (nSPS) is 12.4. The highest BCUT2D eigenvalue weighted by Gasteiger charge is 2.07. The fourth-order valence-electron chi connectivity index (χ4n) is 1.80. The summed E-state index contributed by atoms with van der Waals surface area (Å²) in [6, 6.07) is 7.97.